The van der Waals surface area contributed by atoms with Gasteiger partial charge in [0.15, 0.2) is 0 Å². The predicted octanol–water partition coefficient (Wildman–Crippen LogP) is 1.94. The van der Waals surface area contributed by atoms with Gasteiger partial charge in [-0.2, -0.15) is 0 Å². The molecule has 0 aliphatic heterocycles. The number of para-hydroxylation sites is 2. The molecule has 0 saturated carbocycles. The normalized spacial score (nSPS) is 10.7. The summed E-state index contributed by atoms with van der Waals surface area (Å²) in [4.78, 5) is 7.63. The highest BCUT2D eigenvalue weighted by Crippen LogP contribution is 2.08. The van der Waals surface area contributed by atoms with Gasteiger partial charge in [0.2, 0.25) is 0 Å². The Hall–Kier alpha value is -3.16. The molecule has 2 aromatic heterocycles. The molecular weight excluding hydrogens is 296 g/mol. The van der Waals surface area contributed by atoms with Crippen LogP contribution in [0.2, 0.25) is 0 Å². The molecule has 0 amide bonds. The first-order valence-corrected chi connectivity index (χ1v) is 7.12. The summed E-state index contributed by atoms with van der Waals surface area (Å²) < 4.78 is 0. The lowest BCUT2D eigenvalue weighted by atomic mass is 10.3. The zero-order valence-electron chi connectivity index (χ0n) is 12.7. The van der Waals surface area contributed by atoms with Crippen molar-refractivity contribution < 1.29 is 10.0 Å². The minimum Gasteiger partial charge on any atom is -0.410 e. The Morgan fingerprint density at radius 2 is 1.43 bits per heavy atom. The van der Waals surface area contributed by atoms with E-state index in [1.165, 1.54) is 4.85 Å². The second-order valence-corrected chi connectivity index (χ2v) is 5.07. The van der Waals surface area contributed by atoms with Gasteiger partial charge in [0, 0.05) is 0 Å². The van der Waals surface area contributed by atoms with E-state index in [-0.39, 0.29) is 6.10 Å². The molecule has 2 aromatic carbocycles. The molecule has 0 radical (unpaired) electrons. The van der Waals surface area contributed by atoms with E-state index in [0.29, 0.717) is 11.0 Å². The molecule has 0 saturated heterocycles. The van der Waals surface area contributed by atoms with Crippen LogP contribution in [0.4, 0.5) is 0 Å². The van der Waals surface area contributed by atoms with Crippen LogP contribution in [0.15, 0.2) is 48.5 Å². The van der Waals surface area contributed by atoms with Crippen LogP contribution in [-0.2, 0) is 0 Å². The maximum Gasteiger partial charge on any atom is 0.130 e. The quantitative estimate of drug-likeness (QED) is 0.569. The van der Waals surface area contributed by atoms with Gasteiger partial charge in [0.1, 0.15) is 28.2 Å². The van der Waals surface area contributed by atoms with Crippen molar-refractivity contribution in [3.63, 3.8) is 0 Å². The van der Waals surface area contributed by atoms with E-state index in [1.54, 1.807) is 12.1 Å². The van der Waals surface area contributed by atoms with E-state index in [1.807, 2.05) is 50.2 Å². The second-order valence-electron chi connectivity index (χ2n) is 5.07. The first-order chi connectivity index (χ1) is 11.1. The smallest absolute Gasteiger partial charge is 0.130 e. The van der Waals surface area contributed by atoms with Gasteiger partial charge in [-0.15, -0.1) is 10.2 Å². The zero-order chi connectivity index (χ0) is 16.2. The van der Waals surface area contributed by atoms with Crippen molar-refractivity contribution in [2.75, 3.05) is 0 Å². The largest absolute Gasteiger partial charge is 0.410 e. The molecule has 118 valence electrons. The lowest BCUT2D eigenvalue weighted by Gasteiger charge is -2.07. The average molecular weight is 312 g/mol. The van der Waals surface area contributed by atoms with Crippen molar-refractivity contribution >= 4 is 22.1 Å². The van der Waals surface area contributed by atoms with Crippen LogP contribution in [0, 0.1) is 0 Å². The number of nitrogens with zero attached hydrogens (tertiary/aromatic N) is 6. The summed E-state index contributed by atoms with van der Waals surface area (Å²) in [6.45, 7) is 3.91. The molecule has 0 spiro atoms. The van der Waals surface area contributed by atoms with Crippen molar-refractivity contribution in [1.29, 1.82) is 0 Å². The third kappa shape index (κ3) is 3.20. The first kappa shape index (κ1) is 14.8. The number of hydrogen-bond acceptors (Lipinski definition) is 6. The molecule has 23 heavy (non-hydrogen) atoms. The monoisotopic (exact) mass is 312 g/mol. The molecule has 8 heteroatoms. The van der Waals surface area contributed by atoms with Crippen LogP contribution in [0.1, 0.15) is 13.8 Å². The second kappa shape index (κ2) is 6.30. The molecule has 0 bridgehead atoms. The number of rotatable bonds is 2. The van der Waals surface area contributed by atoms with Crippen molar-refractivity contribution in [2.24, 2.45) is 0 Å². The Kier molecular flexibility index (Phi) is 4.05. The number of fused-ring (bicyclic) bond motifs is 2. The lowest BCUT2D eigenvalue weighted by molar-refractivity contribution is 0.0408. The Labute approximate surface area is 131 Å². The molecule has 1 N–H and O–H groups in total. The van der Waals surface area contributed by atoms with Gasteiger partial charge in [-0.3, -0.25) is 0 Å². The van der Waals surface area contributed by atoms with Gasteiger partial charge in [-0.05, 0) is 48.5 Å². The van der Waals surface area contributed by atoms with Gasteiger partial charge in [0.05, 0.1) is 0 Å². The SMILES string of the molecule is CC(C)On1nnc2ccccc21.On1nnc2ccccc21. The van der Waals surface area contributed by atoms with Crippen molar-refractivity contribution in [3.8, 4) is 0 Å². The third-order valence-electron chi connectivity index (χ3n) is 2.97. The van der Waals surface area contributed by atoms with Crippen LogP contribution in [0.25, 0.3) is 22.1 Å². The fourth-order valence-electron chi connectivity index (χ4n) is 1.98. The standard InChI is InChI=1S/C9H11N3O.C6H5N3O/c1-7(2)13-12-9-6-4-3-5-8(9)10-11-12;10-9-6-4-2-1-3-5(6)7-8-9/h3-7H,1-2H3;1-4,10H. The van der Waals surface area contributed by atoms with E-state index >= 15 is 0 Å². The summed E-state index contributed by atoms with van der Waals surface area (Å²) in [6, 6.07) is 14.9. The van der Waals surface area contributed by atoms with Crippen LogP contribution in [0.5, 0.6) is 0 Å². The molecule has 0 aliphatic carbocycles. The fourth-order valence-corrected chi connectivity index (χ4v) is 1.98. The molecule has 0 aliphatic rings. The van der Waals surface area contributed by atoms with E-state index in [2.05, 4.69) is 20.6 Å². The Morgan fingerprint density at radius 1 is 0.870 bits per heavy atom. The summed E-state index contributed by atoms with van der Waals surface area (Å²) in [7, 11) is 0. The Morgan fingerprint density at radius 3 is 2.09 bits per heavy atom. The first-order valence-electron chi connectivity index (χ1n) is 7.12. The summed E-state index contributed by atoms with van der Waals surface area (Å²) in [6.07, 6.45) is 0.102. The maximum atomic E-state index is 8.95. The number of benzene rings is 2. The summed E-state index contributed by atoms with van der Waals surface area (Å²) in [5.41, 5.74) is 3.08. The molecule has 0 fully saturated rings. The minimum atomic E-state index is 0.102. The molecule has 4 aromatic rings. The fraction of sp³-hybridized carbons (Fsp3) is 0.200. The van der Waals surface area contributed by atoms with Gasteiger partial charge in [-0.1, -0.05) is 34.0 Å². The number of aromatic nitrogens is 6. The van der Waals surface area contributed by atoms with Crippen LogP contribution in [0.3, 0.4) is 0 Å². The van der Waals surface area contributed by atoms with E-state index in [9.17, 15) is 0 Å². The summed E-state index contributed by atoms with van der Waals surface area (Å²) >= 11 is 0. The van der Waals surface area contributed by atoms with Crippen molar-refractivity contribution in [1.82, 2.24) is 30.3 Å². The highest BCUT2D eigenvalue weighted by molar-refractivity contribution is 5.73. The summed E-state index contributed by atoms with van der Waals surface area (Å²) in [5, 5.41) is 23.9. The highest BCUT2D eigenvalue weighted by Gasteiger charge is 2.04. The molecule has 2 heterocycles. The Balaban J connectivity index is 0.000000140. The third-order valence-corrected chi connectivity index (χ3v) is 2.97. The van der Waals surface area contributed by atoms with Gasteiger partial charge < -0.3 is 10.0 Å². The number of hydrogen-bond donors (Lipinski definition) is 1. The Bertz CT molecular complexity index is 914. The van der Waals surface area contributed by atoms with Crippen LogP contribution >= 0.6 is 0 Å². The van der Waals surface area contributed by atoms with E-state index in [0.717, 1.165) is 15.9 Å². The predicted molar refractivity (Wildman–Crippen MR) is 84.0 cm³/mol. The molecule has 0 unspecified atom stereocenters. The highest BCUT2D eigenvalue weighted by atomic mass is 16.7. The maximum absolute atomic E-state index is 8.95. The average Bonchev–Trinajstić information content (AvgIpc) is 3.13. The summed E-state index contributed by atoms with van der Waals surface area (Å²) in [5.74, 6) is 0. The van der Waals surface area contributed by atoms with Gasteiger partial charge in [-0.25, -0.2) is 0 Å². The lowest BCUT2D eigenvalue weighted by Crippen LogP contribution is -2.20. The topological polar surface area (TPSA) is 90.9 Å². The van der Waals surface area contributed by atoms with Crippen molar-refractivity contribution in [3.05, 3.63) is 48.5 Å². The minimum absolute atomic E-state index is 0.102. The van der Waals surface area contributed by atoms with Gasteiger partial charge >= 0.3 is 0 Å². The van der Waals surface area contributed by atoms with E-state index < -0.39 is 0 Å². The van der Waals surface area contributed by atoms with Crippen LogP contribution < -0.4 is 4.84 Å². The molecule has 0 atom stereocenters. The molecule has 8 nitrogen and oxygen atoms in total. The van der Waals surface area contributed by atoms with E-state index in [4.69, 9.17) is 10.0 Å². The molecular formula is C15H16N6O2. The van der Waals surface area contributed by atoms with Crippen molar-refractivity contribution in [2.45, 2.75) is 20.0 Å². The molecule has 4 rings (SSSR count). The van der Waals surface area contributed by atoms with Crippen LogP contribution in [-0.4, -0.2) is 41.6 Å². The van der Waals surface area contributed by atoms with Gasteiger partial charge in [0.25, 0.3) is 0 Å². The zero-order valence-corrected chi connectivity index (χ0v) is 12.7.